The average molecular weight is 388 g/mol. The Morgan fingerprint density at radius 3 is 2.40 bits per heavy atom. The van der Waals surface area contributed by atoms with Gasteiger partial charge in [0.15, 0.2) is 0 Å². The van der Waals surface area contributed by atoms with Crippen LogP contribution in [0.3, 0.4) is 0 Å². The molecular weight excluding hydrogens is 363 g/mol. The molecule has 112 valence electrons. The van der Waals surface area contributed by atoms with Crippen molar-refractivity contribution in [2.24, 2.45) is 5.92 Å². The summed E-state index contributed by atoms with van der Waals surface area (Å²) in [5.41, 5.74) is 1.04. The van der Waals surface area contributed by atoms with Gasteiger partial charge in [0.25, 0.3) is 5.56 Å². The van der Waals surface area contributed by atoms with Crippen LogP contribution >= 0.6 is 22.6 Å². The molecule has 2 rings (SSSR count). The molecule has 1 aromatic heterocycles. The molecule has 0 amide bonds. The van der Waals surface area contributed by atoms with Gasteiger partial charge in [0.05, 0.1) is 9.26 Å². The molecule has 20 heavy (non-hydrogen) atoms. The van der Waals surface area contributed by atoms with E-state index >= 15 is 0 Å². The van der Waals surface area contributed by atoms with Gasteiger partial charge in [-0.2, -0.15) is 0 Å². The number of aromatic amines is 1. The molecule has 4 heteroatoms. The maximum absolute atomic E-state index is 12.1. The molecule has 1 saturated carbocycles. The minimum absolute atomic E-state index is 0.0494. The van der Waals surface area contributed by atoms with Crippen molar-refractivity contribution in [2.75, 3.05) is 0 Å². The first-order chi connectivity index (χ1) is 9.58. The third kappa shape index (κ3) is 4.30. The number of hydrogen-bond acceptors (Lipinski definition) is 2. The van der Waals surface area contributed by atoms with Crippen molar-refractivity contribution < 1.29 is 0 Å². The van der Waals surface area contributed by atoms with Crippen LogP contribution in [-0.2, 0) is 6.42 Å². The highest BCUT2D eigenvalue weighted by Gasteiger charge is 2.18. The van der Waals surface area contributed by atoms with E-state index in [1.807, 2.05) is 0 Å². The van der Waals surface area contributed by atoms with E-state index in [0.717, 1.165) is 21.5 Å². The summed E-state index contributed by atoms with van der Waals surface area (Å²) in [5.74, 6) is 1.92. The second-order valence-electron chi connectivity index (χ2n) is 6.35. The summed E-state index contributed by atoms with van der Waals surface area (Å²) < 4.78 is 0.769. The van der Waals surface area contributed by atoms with Gasteiger partial charge < -0.3 is 4.98 Å². The molecule has 0 radical (unpaired) electrons. The lowest BCUT2D eigenvalue weighted by Gasteiger charge is -2.20. The number of H-pyrrole nitrogens is 1. The van der Waals surface area contributed by atoms with Crippen molar-refractivity contribution in [1.82, 2.24) is 9.97 Å². The van der Waals surface area contributed by atoms with Gasteiger partial charge in [-0.1, -0.05) is 46.0 Å². The Labute approximate surface area is 135 Å². The lowest BCUT2D eigenvalue weighted by molar-refractivity contribution is 0.439. The van der Waals surface area contributed by atoms with E-state index in [1.165, 1.54) is 44.9 Å². The molecule has 1 aliphatic rings. The van der Waals surface area contributed by atoms with Crippen LogP contribution in [0, 0.1) is 9.49 Å². The number of hydrogen-bond donors (Lipinski definition) is 1. The van der Waals surface area contributed by atoms with Gasteiger partial charge in [-0.05, 0) is 47.8 Å². The van der Waals surface area contributed by atoms with Gasteiger partial charge in [-0.25, -0.2) is 4.98 Å². The Morgan fingerprint density at radius 2 is 1.80 bits per heavy atom. The topological polar surface area (TPSA) is 45.8 Å². The number of rotatable bonds is 3. The molecule has 1 fully saturated rings. The van der Waals surface area contributed by atoms with Crippen molar-refractivity contribution in [2.45, 2.75) is 71.1 Å². The van der Waals surface area contributed by atoms with Crippen LogP contribution in [0.2, 0.25) is 0 Å². The van der Waals surface area contributed by atoms with E-state index in [0.29, 0.717) is 11.8 Å². The summed E-state index contributed by atoms with van der Waals surface area (Å²) in [5, 5.41) is 0. The van der Waals surface area contributed by atoms with Crippen molar-refractivity contribution in [3.8, 4) is 0 Å². The Balaban J connectivity index is 2.25. The molecule has 0 aliphatic heterocycles. The molecule has 3 nitrogen and oxygen atoms in total. The molecule has 0 bridgehead atoms. The Morgan fingerprint density at radius 1 is 1.20 bits per heavy atom. The van der Waals surface area contributed by atoms with Gasteiger partial charge in [0, 0.05) is 5.92 Å². The van der Waals surface area contributed by atoms with Crippen molar-refractivity contribution >= 4 is 22.6 Å². The third-order valence-electron chi connectivity index (χ3n) is 4.04. The Bertz CT molecular complexity index is 488. The molecule has 1 aliphatic carbocycles. The molecule has 1 N–H and O–H groups in total. The summed E-state index contributed by atoms with van der Waals surface area (Å²) in [6.07, 6.45) is 9.77. The van der Waals surface area contributed by atoms with E-state index in [-0.39, 0.29) is 5.56 Å². The maximum atomic E-state index is 12.1. The van der Waals surface area contributed by atoms with Crippen molar-refractivity contribution in [3.05, 3.63) is 25.4 Å². The third-order valence-corrected chi connectivity index (χ3v) is 5.16. The first-order valence-corrected chi connectivity index (χ1v) is 8.94. The van der Waals surface area contributed by atoms with Gasteiger partial charge in [0.2, 0.25) is 0 Å². The highest BCUT2D eigenvalue weighted by atomic mass is 127. The molecule has 0 aromatic carbocycles. The smallest absolute Gasteiger partial charge is 0.264 e. The largest absolute Gasteiger partial charge is 0.309 e. The fourth-order valence-corrected chi connectivity index (χ4v) is 3.45. The summed E-state index contributed by atoms with van der Waals surface area (Å²) in [6.45, 7) is 4.35. The van der Waals surface area contributed by atoms with Gasteiger partial charge in [-0.3, -0.25) is 4.79 Å². The lowest BCUT2D eigenvalue weighted by atomic mass is 9.90. The fraction of sp³-hybridized carbons (Fsp3) is 0.750. The van der Waals surface area contributed by atoms with Crippen molar-refractivity contribution in [1.29, 1.82) is 0 Å². The average Bonchev–Trinajstić information content (AvgIpc) is 2.33. The van der Waals surface area contributed by atoms with Gasteiger partial charge >= 0.3 is 0 Å². The summed E-state index contributed by atoms with van der Waals surface area (Å²) in [4.78, 5) is 20.0. The molecular formula is C16H25IN2O. The minimum atomic E-state index is 0.0494. The van der Waals surface area contributed by atoms with Crippen molar-refractivity contribution in [3.63, 3.8) is 0 Å². The number of nitrogens with one attached hydrogen (secondary N) is 1. The zero-order valence-corrected chi connectivity index (χ0v) is 14.7. The maximum Gasteiger partial charge on any atom is 0.264 e. The predicted molar refractivity (Wildman–Crippen MR) is 91.2 cm³/mol. The van der Waals surface area contributed by atoms with Crippen LogP contribution < -0.4 is 5.56 Å². The van der Waals surface area contributed by atoms with E-state index in [1.54, 1.807) is 0 Å². The molecule has 0 spiro atoms. The Hall–Kier alpha value is -0.390. The highest BCUT2D eigenvalue weighted by molar-refractivity contribution is 14.1. The normalized spacial score (nSPS) is 18.0. The van der Waals surface area contributed by atoms with E-state index in [4.69, 9.17) is 4.98 Å². The van der Waals surface area contributed by atoms with E-state index < -0.39 is 0 Å². The second kappa shape index (κ2) is 7.57. The molecule has 1 heterocycles. The summed E-state index contributed by atoms with van der Waals surface area (Å²) in [6, 6.07) is 0. The first kappa shape index (κ1) is 16.0. The Kier molecular flexibility index (Phi) is 6.05. The van der Waals surface area contributed by atoms with E-state index in [2.05, 4.69) is 41.4 Å². The van der Waals surface area contributed by atoms with Crippen LogP contribution in [0.5, 0.6) is 0 Å². The summed E-state index contributed by atoms with van der Waals surface area (Å²) in [7, 11) is 0. The highest BCUT2D eigenvalue weighted by Crippen LogP contribution is 2.29. The SMILES string of the molecule is CC(C)Cc1nc(C2CCCCCCC2)[nH]c(=O)c1I. The predicted octanol–water partition coefficient (Wildman–Crippen LogP) is 4.40. The quantitative estimate of drug-likeness (QED) is 0.781. The van der Waals surface area contributed by atoms with Crippen LogP contribution in [0.25, 0.3) is 0 Å². The molecule has 0 saturated heterocycles. The number of aromatic nitrogens is 2. The summed E-state index contributed by atoms with van der Waals surface area (Å²) >= 11 is 2.13. The first-order valence-electron chi connectivity index (χ1n) is 7.86. The van der Waals surface area contributed by atoms with Gasteiger partial charge in [0.1, 0.15) is 5.82 Å². The molecule has 0 unspecified atom stereocenters. The zero-order valence-electron chi connectivity index (χ0n) is 12.5. The second-order valence-corrected chi connectivity index (χ2v) is 7.43. The zero-order chi connectivity index (χ0) is 14.5. The van der Waals surface area contributed by atoms with Crippen LogP contribution in [-0.4, -0.2) is 9.97 Å². The minimum Gasteiger partial charge on any atom is -0.309 e. The number of halogens is 1. The van der Waals surface area contributed by atoms with Gasteiger partial charge in [-0.15, -0.1) is 0 Å². The number of nitrogens with zero attached hydrogens (tertiary/aromatic N) is 1. The lowest BCUT2D eigenvalue weighted by Crippen LogP contribution is -2.21. The standard InChI is InChI=1S/C16H25IN2O/c1-11(2)10-13-14(17)16(20)19-15(18-13)12-8-6-4-3-5-7-9-12/h11-12H,3-10H2,1-2H3,(H,18,19,20). The van der Waals surface area contributed by atoms with E-state index in [9.17, 15) is 4.79 Å². The van der Waals surface area contributed by atoms with Crippen LogP contribution in [0.4, 0.5) is 0 Å². The fourth-order valence-electron chi connectivity index (χ4n) is 2.97. The molecule has 1 aromatic rings. The van der Waals surface area contributed by atoms with Crippen LogP contribution in [0.15, 0.2) is 4.79 Å². The van der Waals surface area contributed by atoms with Crippen LogP contribution in [0.1, 0.15) is 76.2 Å². The molecule has 0 atom stereocenters. The monoisotopic (exact) mass is 388 g/mol.